The summed E-state index contributed by atoms with van der Waals surface area (Å²) in [6.07, 6.45) is 0.940. The van der Waals surface area contributed by atoms with Crippen molar-refractivity contribution >= 4 is 27.7 Å². The van der Waals surface area contributed by atoms with Crippen molar-refractivity contribution in [1.29, 1.82) is 0 Å². The molecule has 2 amide bonds. The number of aryl methyl sites for hydroxylation is 1. The van der Waals surface area contributed by atoms with E-state index >= 15 is 0 Å². The van der Waals surface area contributed by atoms with Gasteiger partial charge in [0.1, 0.15) is 11.5 Å². The number of rotatable bonds is 7. The number of ether oxygens (including phenoxy) is 2. The fourth-order valence-corrected chi connectivity index (χ4v) is 2.13. The van der Waals surface area contributed by atoms with Gasteiger partial charge in [0.25, 0.3) is 11.8 Å². The second kappa shape index (κ2) is 9.68. The summed E-state index contributed by atoms with van der Waals surface area (Å²) in [5, 5.41) is 0. The zero-order valence-corrected chi connectivity index (χ0v) is 15.3. The Morgan fingerprint density at radius 2 is 1.28 bits per heavy atom. The summed E-state index contributed by atoms with van der Waals surface area (Å²) in [6.45, 7) is 1.66. The van der Waals surface area contributed by atoms with Gasteiger partial charge >= 0.3 is 0 Å². The first-order valence-electron chi connectivity index (χ1n) is 7.74. The molecule has 0 spiro atoms. The predicted octanol–water partition coefficient (Wildman–Crippen LogP) is 2.62. The Labute approximate surface area is 154 Å². The van der Waals surface area contributed by atoms with Gasteiger partial charge in [-0.05, 0) is 48.4 Å². The first kappa shape index (κ1) is 18.8. The van der Waals surface area contributed by atoms with Crippen LogP contribution >= 0.6 is 15.9 Å². The molecule has 0 aliphatic heterocycles. The molecule has 0 aliphatic rings. The molecular formula is C18H19BrN2O4. The van der Waals surface area contributed by atoms with E-state index in [9.17, 15) is 9.59 Å². The SMILES string of the molecule is CCc1ccc(OCC(=O)NNC(=O)COc2ccc(Br)cc2)cc1. The summed E-state index contributed by atoms with van der Waals surface area (Å²) in [5.41, 5.74) is 5.73. The van der Waals surface area contributed by atoms with E-state index in [-0.39, 0.29) is 13.2 Å². The number of hydrogen-bond donors (Lipinski definition) is 2. The number of amides is 2. The normalized spacial score (nSPS) is 10.0. The van der Waals surface area contributed by atoms with Crippen LogP contribution in [0.3, 0.4) is 0 Å². The van der Waals surface area contributed by atoms with Crippen LogP contribution in [0.2, 0.25) is 0 Å². The number of carbonyl (C=O) groups is 2. The van der Waals surface area contributed by atoms with E-state index in [1.54, 1.807) is 36.4 Å². The summed E-state index contributed by atoms with van der Waals surface area (Å²) in [5.74, 6) is 0.223. The Hall–Kier alpha value is -2.54. The third kappa shape index (κ3) is 6.84. The second-order valence-corrected chi connectivity index (χ2v) is 6.04. The molecule has 0 atom stereocenters. The van der Waals surface area contributed by atoms with Crippen molar-refractivity contribution in [2.75, 3.05) is 13.2 Å². The molecule has 0 heterocycles. The van der Waals surface area contributed by atoms with E-state index in [2.05, 4.69) is 33.7 Å². The van der Waals surface area contributed by atoms with Crippen molar-refractivity contribution < 1.29 is 19.1 Å². The van der Waals surface area contributed by atoms with Gasteiger partial charge in [-0.3, -0.25) is 20.4 Å². The van der Waals surface area contributed by atoms with Gasteiger partial charge in [0.05, 0.1) is 0 Å². The maximum Gasteiger partial charge on any atom is 0.276 e. The lowest BCUT2D eigenvalue weighted by atomic mass is 10.2. The first-order valence-corrected chi connectivity index (χ1v) is 8.54. The highest BCUT2D eigenvalue weighted by molar-refractivity contribution is 9.10. The molecule has 0 saturated heterocycles. The van der Waals surface area contributed by atoms with Crippen LogP contribution in [0.15, 0.2) is 53.0 Å². The summed E-state index contributed by atoms with van der Waals surface area (Å²) in [7, 11) is 0. The molecule has 0 aliphatic carbocycles. The molecule has 132 valence electrons. The van der Waals surface area contributed by atoms with E-state index in [1.165, 1.54) is 5.56 Å². The first-order chi connectivity index (χ1) is 12.1. The van der Waals surface area contributed by atoms with Gasteiger partial charge in [-0.2, -0.15) is 0 Å². The van der Waals surface area contributed by atoms with Crippen molar-refractivity contribution in [3.05, 3.63) is 58.6 Å². The molecule has 2 N–H and O–H groups in total. The Kier molecular flexibility index (Phi) is 7.28. The molecular weight excluding hydrogens is 388 g/mol. The van der Waals surface area contributed by atoms with Crippen molar-refractivity contribution in [2.45, 2.75) is 13.3 Å². The van der Waals surface area contributed by atoms with E-state index < -0.39 is 11.8 Å². The van der Waals surface area contributed by atoms with Gasteiger partial charge in [0.2, 0.25) is 0 Å². The Morgan fingerprint density at radius 3 is 1.72 bits per heavy atom. The lowest BCUT2D eigenvalue weighted by molar-refractivity contribution is -0.131. The summed E-state index contributed by atoms with van der Waals surface area (Å²) in [6, 6.07) is 14.6. The topological polar surface area (TPSA) is 76.7 Å². The highest BCUT2D eigenvalue weighted by Gasteiger charge is 2.06. The predicted molar refractivity (Wildman–Crippen MR) is 97.2 cm³/mol. The molecule has 0 unspecified atom stereocenters. The smallest absolute Gasteiger partial charge is 0.276 e. The number of hydrazine groups is 1. The minimum atomic E-state index is -0.469. The van der Waals surface area contributed by atoms with Crippen LogP contribution in [0, 0.1) is 0 Å². The summed E-state index contributed by atoms with van der Waals surface area (Å²) < 4.78 is 11.5. The minimum absolute atomic E-state index is 0.195. The number of benzene rings is 2. The zero-order valence-electron chi connectivity index (χ0n) is 13.8. The highest BCUT2D eigenvalue weighted by Crippen LogP contribution is 2.15. The highest BCUT2D eigenvalue weighted by atomic mass is 79.9. The van der Waals surface area contributed by atoms with Crippen LogP contribution in [0.1, 0.15) is 12.5 Å². The number of halogens is 1. The van der Waals surface area contributed by atoms with E-state index in [4.69, 9.17) is 9.47 Å². The van der Waals surface area contributed by atoms with Crippen LogP contribution in [0.4, 0.5) is 0 Å². The van der Waals surface area contributed by atoms with E-state index in [0.717, 1.165) is 10.9 Å². The van der Waals surface area contributed by atoms with Crippen LogP contribution < -0.4 is 20.3 Å². The van der Waals surface area contributed by atoms with Gasteiger partial charge in [-0.25, -0.2) is 0 Å². The molecule has 0 fully saturated rings. The second-order valence-electron chi connectivity index (χ2n) is 5.13. The molecule has 0 aromatic heterocycles. The van der Waals surface area contributed by atoms with Crippen molar-refractivity contribution in [3.8, 4) is 11.5 Å². The molecule has 25 heavy (non-hydrogen) atoms. The monoisotopic (exact) mass is 406 g/mol. The number of nitrogens with one attached hydrogen (secondary N) is 2. The van der Waals surface area contributed by atoms with Gasteiger partial charge in [-0.15, -0.1) is 0 Å². The molecule has 2 rings (SSSR count). The maximum absolute atomic E-state index is 11.7. The third-order valence-electron chi connectivity index (χ3n) is 3.23. The van der Waals surface area contributed by atoms with Crippen molar-refractivity contribution in [1.82, 2.24) is 10.9 Å². The van der Waals surface area contributed by atoms with Crippen LogP contribution in [-0.2, 0) is 16.0 Å². The summed E-state index contributed by atoms with van der Waals surface area (Å²) >= 11 is 3.31. The molecule has 2 aromatic rings. The fourth-order valence-electron chi connectivity index (χ4n) is 1.86. The van der Waals surface area contributed by atoms with Crippen molar-refractivity contribution in [2.24, 2.45) is 0 Å². The van der Waals surface area contributed by atoms with Crippen LogP contribution in [0.5, 0.6) is 11.5 Å². The van der Waals surface area contributed by atoms with E-state index in [0.29, 0.717) is 11.5 Å². The Balaban J connectivity index is 1.64. The average molecular weight is 407 g/mol. The minimum Gasteiger partial charge on any atom is -0.484 e. The average Bonchev–Trinajstić information content (AvgIpc) is 2.64. The maximum atomic E-state index is 11.7. The van der Waals surface area contributed by atoms with Gasteiger partial charge in [0, 0.05) is 4.47 Å². The van der Waals surface area contributed by atoms with E-state index in [1.807, 2.05) is 12.1 Å². The Morgan fingerprint density at radius 1 is 0.840 bits per heavy atom. The lowest BCUT2D eigenvalue weighted by Crippen LogP contribution is -2.45. The lowest BCUT2D eigenvalue weighted by Gasteiger charge is -2.10. The van der Waals surface area contributed by atoms with Gasteiger partial charge in [0.15, 0.2) is 13.2 Å². The van der Waals surface area contributed by atoms with Crippen LogP contribution in [-0.4, -0.2) is 25.0 Å². The molecule has 0 bridgehead atoms. The molecule has 2 aromatic carbocycles. The fraction of sp³-hybridized carbons (Fsp3) is 0.222. The Bertz CT molecular complexity index is 702. The molecule has 6 nitrogen and oxygen atoms in total. The quantitative estimate of drug-likeness (QED) is 0.692. The molecule has 0 saturated carbocycles. The molecule has 0 radical (unpaired) electrons. The van der Waals surface area contributed by atoms with Crippen LogP contribution in [0.25, 0.3) is 0 Å². The van der Waals surface area contributed by atoms with Gasteiger partial charge < -0.3 is 9.47 Å². The zero-order chi connectivity index (χ0) is 18.1. The number of hydrogen-bond acceptors (Lipinski definition) is 4. The number of carbonyl (C=O) groups excluding carboxylic acids is 2. The van der Waals surface area contributed by atoms with Crippen molar-refractivity contribution in [3.63, 3.8) is 0 Å². The third-order valence-corrected chi connectivity index (χ3v) is 3.76. The van der Waals surface area contributed by atoms with Gasteiger partial charge in [-0.1, -0.05) is 35.0 Å². The largest absolute Gasteiger partial charge is 0.484 e. The standard InChI is InChI=1S/C18H19BrN2O4/c1-2-13-3-7-15(8-4-13)24-11-17(22)20-21-18(23)12-25-16-9-5-14(19)6-10-16/h3-10H,2,11-12H2,1H3,(H,20,22)(H,21,23). The molecule has 7 heteroatoms. The summed E-state index contributed by atoms with van der Waals surface area (Å²) in [4.78, 5) is 23.3.